The van der Waals surface area contributed by atoms with E-state index in [1.807, 2.05) is 39.8 Å². The van der Waals surface area contributed by atoms with Gasteiger partial charge in [-0.15, -0.1) is 10.2 Å². The Morgan fingerprint density at radius 3 is 2.40 bits per heavy atom. The first kappa shape index (κ1) is 19.4. The summed E-state index contributed by atoms with van der Waals surface area (Å²) in [6.07, 6.45) is 1.24. The van der Waals surface area contributed by atoms with Gasteiger partial charge in [-0.2, -0.15) is 0 Å². The Morgan fingerprint density at radius 2 is 1.76 bits per heavy atom. The van der Waals surface area contributed by atoms with E-state index in [2.05, 4.69) is 20.8 Å². The van der Waals surface area contributed by atoms with Crippen LogP contribution in [0.15, 0.2) is 16.5 Å². The number of aromatic nitrogens is 2. The highest BCUT2D eigenvalue weighted by Gasteiger charge is 2.12. The highest BCUT2D eigenvalue weighted by Crippen LogP contribution is 2.26. The number of carbonyl (C=O) groups is 2. The number of amides is 2. The fourth-order valence-electron chi connectivity index (χ4n) is 2.41. The van der Waals surface area contributed by atoms with Crippen molar-refractivity contribution in [2.24, 2.45) is 0 Å². The Morgan fingerprint density at radius 1 is 1.08 bits per heavy atom. The zero-order valence-electron chi connectivity index (χ0n) is 14.8. The van der Waals surface area contributed by atoms with Gasteiger partial charge in [0.25, 0.3) is 0 Å². The van der Waals surface area contributed by atoms with E-state index < -0.39 is 0 Å². The normalized spacial score (nSPS) is 10.6. The van der Waals surface area contributed by atoms with Crippen molar-refractivity contribution in [2.45, 2.75) is 44.9 Å². The number of thioether (sulfide) groups is 1. The SMILES string of the molecule is CCCC(=O)Nc1nnc(SCC(=O)Nc2c(C)cc(C)cc2C)s1. The van der Waals surface area contributed by atoms with Gasteiger partial charge in [-0.1, -0.05) is 47.7 Å². The lowest BCUT2D eigenvalue weighted by atomic mass is 10.1. The van der Waals surface area contributed by atoms with E-state index in [9.17, 15) is 9.59 Å². The Balaban J connectivity index is 1.88. The highest BCUT2D eigenvalue weighted by atomic mass is 32.2. The summed E-state index contributed by atoms with van der Waals surface area (Å²) < 4.78 is 0.652. The largest absolute Gasteiger partial charge is 0.325 e. The monoisotopic (exact) mass is 378 g/mol. The Labute approximate surface area is 155 Å². The summed E-state index contributed by atoms with van der Waals surface area (Å²) in [5.41, 5.74) is 4.13. The zero-order valence-corrected chi connectivity index (χ0v) is 16.4. The third-order valence-electron chi connectivity index (χ3n) is 3.40. The number of carbonyl (C=O) groups excluding carboxylic acids is 2. The summed E-state index contributed by atoms with van der Waals surface area (Å²) in [5, 5.41) is 14.0. The minimum Gasteiger partial charge on any atom is -0.325 e. The smallest absolute Gasteiger partial charge is 0.234 e. The molecule has 2 N–H and O–H groups in total. The second-order valence-corrected chi connectivity index (χ2v) is 7.98. The lowest BCUT2D eigenvalue weighted by Gasteiger charge is -2.12. The van der Waals surface area contributed by atoms with Crippen molar-refractivity contribution < 1.29 is 9.59 Å². The first-order valence-corrected chi connectivity index (χ1v) is 9.83. The number of anilines is 2. The molecule has 25 heavy (non-hydrogen) atoms. The number of benzene rings is 1. The molecule has 0 saturated carbocycles. The first-order chi connectivity index (χ1) is 11.9. The van der Waals surface area contributed by atoms with Gasteiger partial charge in [0.05, 0.1) is 5.75 Å². The van der Waals surface area contributed by atoms with Crippen molar-refractivity contribution in [2.75, 3.05) is 16.4 Å². The van der Waals surface area contributed by atoms with Gasteiger partial charge in [-0.3, -0.25) is 9.59 Å². The molecular weight excluding hydrogens is 356 g/mol. The average molecular weight is 379 g/mol. The predicted molar refractivity (Wildman–Crippen MR) is 103 cm³/mol. The standard InChI is InChI=1S/C17H22N4O2S2/c1-5-6-13(22)19-16-20-21-17(25-16)24-9-14(23)18-15-11(3)7-10(2)8-12(15)4/h7-8H,5-6,9H2,1-4H3,(H,18,23)(H,19,20,22). The molecule has 0 bridgehead atoms. The van der Waals surface area contributed by atoms with E-state index in [-0.39, 0.29) is 17.6 Å². The molecule has 0 saturated heterocycles. The summed E-state index contributed by atoms with van der Waals surface area (Å²) in [4.78, 5) is 23.7. The van der Waals surface area contributed by atoms with E-state index in [4.69, 9.17) is 0 Å². The molecule has 2 amide bonds. The molecule has 8 heteroatoms. The third-order valence-corrected chi connectivity index (χ3v) is 5.37. The van der Waals surface area contributed by atoms with Crippen LogP contribution >= 0.6 is 23.1 Å². The predicted octanol–water partition coefficient (Wildman–Crippen LogP) is 3.93. The topological polar surface area (TPSA) is 84.0 Å². The maximum Gasteiger partial charge on any atom is 0.234 e. The number of hydrogen-bond acceptors (Lipinski definition) is 6. The summed E-state index contributed by atoms with van der Waals surface area (Å²) in [6, 6.07) is 4.09. The Kier molecular flexibility index (Phi) is 6.95. The van der Waals surface area contributed by atoms with Crippen molar-refractivity contribution in [3.63, 3.8) is 0 Å². The van der Waals surface area contributed by atoms with Crippen LogP contribution in [0.4, 0.5) is 10.8 Å². The van der Waals surface area contributed by atoms with Gasteiger partial charge in [-0.05, 0) is 38.3 Å². The molecule has 6 nitrogen and oxygen atoms in total. The quantitative estimate of drug-likeness (QED) is 0.563. The molecule has 0 aliphatic heterocycles. The van der Waals surface area contributed by atoms with Gasteiger partial charge < -0.3 is 10.6 Å². The van der Waals surface area contributed by atoms with Crippen LogP contribution in [-0.2, 0) is 9.59 Å². The van der Waals surface area contributed by atoms with Crippen LogP contribution in [0.2, 0.25) is 0 Å². The minimum atomic E-state index is -0.0909. The van der Waals surface area contributed by atoms with Gasteiger partial charge in [0.1, 0.15) is 0 Å². The van der Waals surface area contributed by atoms with Crippen molar-refractivity contribution in [1.82, 2.24) is 10.2 Å². The molecule has 1 aromatic carbocycles. The van der Waals surface area contributed by atoms with Crippen molar-refractivity contribution in [3.8, 4) is 0 Å². The number of nitrogens with zero attached hydrogens (tertiary/aromatic N) is 2. The number of rotatable bonds is 7. The van der Waals surface area contributed by atoms with Gasteiger partial charge in [0.2, 0.25) is 16.9 Å². The molecule has 134 valence electrons. The van der Waals surface area contributed by atoms with E-state index in [1.165, 1.54) is 28.7 Å². The third kappa shape index (κ3) is 5.82. The lowest BCUT2D eigenvalue weighted by molar-refractivity contribution is -0.116. The van der Waals surface area contributed by atoms with E-state index in [0.717, 1.165) is 23.2 Å². The number of aryl methyl sites for hydroxylation is 3. The van der Waals surface area contributed by atoms with Crippen LogP contribution in [0.5, 0.6) is 0 Å². The Bertz CT molecular complexity index is 751. The summed E-state index contributed by atoms with van der Waals surface area (Å²) in [5.74, 6) is 0.0784. The van der Waals surface area contributed by atoms with Crippen molar-refractivity contribution in [1.29, 1.82) is 0 Å². The molecular formula is C17H22N4O2S2. The number of hydrogen-bond donors (Lipinski definition) is 2. The van der Waals surface area contributed by atoms with Gasteiger partial charge in [0.15, 0.2) is 4.34 Å². The fraction of sp³-hybridized carbons (Fsp3) is 0.412. The lowest BCUT2D eigenvalue weighted by Crippen LogP contribution is -2.15. The van der Waals surface area contributed by atoms with Gasteiger partial charge in [0, 0.05) is 12.1 Å². The minimum absolute atomic E-state index is 0.0711. The van der Waals surface area contributed by atoms with Crippen LogP contribution in [-0.4, -0.2) is 27.8 Å². The van der Waals surface area contributed by atoms with Crippen LogP contribution in [0.3, 0.4) is 0 Å². The van der Waals surface area contributed by atoms with E-state index in [0.29, 0.717) is 15.9 Å². The first-order valence-electron chi connectivity index (χ1n) is 8.03. The van der Waals surface area contributed by atoms with Gasteiger partial charge in [-0.25, -0.2) is 0 Å². The van der Waals surface area contributed by atoms with Crippen LogP contribution in [0.1, 0.15) is 36.5 Å². The average Bonchev–Trinajstić information content (AvgIpc) is 2.96. The maximum atomic E-state index is 12.2. The van der Waals surface area contributed by atoms with Crippen LogP contribution in [0.25, 0.3) is 0 Å². The molecule has 0 radical (unpaired) electrons. The molecule has 0 aliphatic carbocycles. The van der Waals surface area contributed by atoms with Crippen molar-refractivity contribution >= 4 is 45.7 Å². The highest BCUT2D eigenvalue weighted by molar-refractivity contribution is 8.01. The summed E-state index contributed by atoms with van der Waals surface area (Å²) in [7, 11) is 0. The molecule has 0 atom stereocenters. The molecule has 2 rings (SSSR count). The second-order valence-electron chi connectivity index (χ2n) is 5.78. The second kappa shape index (κ2) is 8.96. The van der Waals surface area contributed by atoms with E-state index >= 15 is 0 Å². The van der Waals surface area contributed by atoms with Gasteiger partial charge >= 0.3 is 0 Å². The summed E-state index contributed by atoms with van der Waals surface area (Å²) in [6.45, 7) is 7.95. The molecule has 0 spiro atoms. The Hall–Kier alpha value is -1.93. The molecule has 2 aromatic rings. The molecule has 1 aromatic heterocycles. The number of nitrogens with one attached hydrogen (secondary N) is 2. The van der Waals surface area contributed by atoms with Crippen molar-refractivity contribution in [3.05, 3.63) is 28.8 Å². The van der Waals surface area contributed by atoms with Crippen LogP contribution in [0, 0.1) is 20.8 Å². The molecule has 1 heterocycles. The fourth-order valence-corrected chi connectivity index (χ4v) is 3.98. The zero-order chi connectivity index (χ0) is 18.4. The molecule has 0 fully saturated rings. The van der Waals surface area contributed by atoms with E-state index in [1.54, 1.807) is 0 Å². The molecule has 0 unspecified atom stereocenters. The summed E-state index contributed by atoms with van der Waals surface area (Å²) >= 11 is 2.58. The maximum absolute atomic E-state index is 12.2. The van der Waals surface area contributed by atoms with Crippen LogP contribution < -0.4 is 10.6 Å². The molecule has 0 aliphatic rings.